The molecule has 1 heterocycles. The van der Waals surface area contributed by atoms with Gasteiger partial charge in [-0.1, -0.05) is 12.1 Å². The summed E-state index contributed by atoms with van der Waals surface area (Å²) in [5.74, 6) is 0.430. The van der Waals surface area contributed by atoms with Crippen LogP contribution in [-0.4, -0.2) is 30.6 Å². The van der Waals surface area contributed by atoms with E-state index in [1.165, 1.54) is 6.42 Å². The van der Waals surface area contributed by atoms with Crippen LogP contribution in [0.5, 0.6) is 0 Å². The summed E-state index contributed by atoms with van der Waals surface area (Å²) in [6.07, 6.45) is 2.71. The fourth-order valence-corrected chi connectivity index (χ4v) is 3.38. The predicted octanol–water partition coefficient (Wildman–Crippen LogP) is 1.89. The van der Waals surface area contributed by atoms with Gasteiger partial charge in [-0.25, -0.2) is 4.39 Å². The third kappa shape index (κ3) is 2.53. The molecule has 4 heteroatoms. The molecule has 2 N–H and O–H groups in total. The fourth-order valence-electron chi connectivity index (χ4n) is 3.38. The average Bonchev–Trinajstić information content (AvgIpc) is 2.95. The first-order valence-electron chi connectivity index (χ1n) is 6.96. The van der Waals surface area contributed by atoms with Crippen LogP contribution in [0.3, 0.4) is 0 Å². The number of hydrogen-bond acceptors (Lipinski definition) is 3. The first-order chi connectivity index (χ1) is 9.17. The summed E-state index contributed by atoms with van der Waals surface area (Å²) >= 11 is 0. The zero-order valence-electron chi connectivity index (χ0n) is 11.3. The Morgan fingerprint density at radius 3 is 2.84 bits per heavy atom. The SMILES string of the molecule is CN1CC2CC1CC2OCc1ccc(CN)c(F)c1. The van der Waals surface area contributed by atoms with Gasteiger partial charge in [0.1, 0.15) is 5.82 Å². The lowest BCUT2D eigenvalue weighted by Gasteiger charge is -2.28. The molecular formula is C15H21FN2O. The Hall–Kier alpha value is -0.970. The minimum absolute atomic E-state index is 0.226. The summed E-state index contributed by atoms with van der Waals surface area (Å²) in [5.41, 5.74) is 6.91. The first-order valence-corrected chi connectivity index (χ1v) is 6.96. The van der Waals surface area contributed by atoms with E-state index in [4.69, 9.17) is 10.5 Å². The summed E-state index contributed by atoms with van der Waals surface area (Å²) < 4.78 is 19.6. The van der Waals surface area contributed by atoms with E-state index in [1.807, 2.05) is 6.07 Å². The lowest BCUT2D eigenvalue weighted by atomic mass is 10.1. The fraction of sp³-hybridized carbons (Fsp3) is 0.600. The topological polar surface area (TPSA) is 38.5 Å². The molecule has 2 aliphatic rings. The molecule has 0 spiro atoms. The van der Waals surface area contributed by atoms with Crippen LogP contribution in [0.25, 0.3) is 0 Å². The summed E-state index contributed by atoms with van der Waals surface area (Å²) in [7, 11) is 2.18. The Morgan fingerprint density at radius 1 is 1.42 bits per heavy atom. The highest BCUT2D eigenvalue weighted by Crippen LogP contribution is 2.38. The van der Waals surface area contributed by atoms with Gasteiger partial charge in [0, 0.05) is 24.7 Å². The minimum Gasteiger partial charge on any atom is -0.373 e. The van der Waals surface area contributed by atoms with Crippen molar-refractivity contribution >= 4 is 0 Å². The van der Waals surface area contributed by atoms with Gasteiger partial charge in [0.2, 0.25) is 0 Å². The van der Waals surface area contributed by atoms with Crippen molar-refractivity contribution in [3.05, 3.63) is 35.1 Å². The Morgan fingerprint density at radius 2 is 2.26 bits per heavy atom. The number of halogens is 1. The molecule has 19 heavy (non-hydrogen) atoms. The summed E-state index contributed by atoms with van der Waals surface area (Å²) in [6.45, 7) is 1.88. The molecule has 1 aliphatic carbocycles. The van der Waals surface area contributed by atoms with Crippen molar-refractivity contribution in [3.8, 4) is 0 Å². The van der Waals surface area contributed by atoms with Gasteiger partial charge in [-0.05, 0) is 37.4 Å². The molecule has 1 aliphatic heterocycles. The van der Waals surface area contributed by atoms with Gasteiger partial charge in [-0.3, -0.25) is 0 Å². The van der Waals surface area contributed by atoms with E-state index in [2.05, 4.69) is 11.9 Å². The van der Waals surface area contributed by atoms with E-state index >= 15 is 0 Å². The number of nitrogens with two attached hydrogens (primary N) is 1. The van der Waals surface area contributed by atoms with Crippen molar-refractivity contribution in [1.29, 1.82) is 0 Å². The number of likely N-dealkylation sites (tertiary alicyclic amines) is 1. The molecule has 0 amide bonds. The van der Waals surface area contributed by atoms with Gasteiger partial charge in [-0.2, -0.15) is 0 Å². The van der Waals surface area contributed by atoms with Crippen molar-refractivity contribution in [1.82, 2.24) is 4.90 Å². The molecule has 1 saturated heterocycles. The molecule has 3 atom stereocenters. The maximum absolute atomic E-state index is 13.6. The predicted molar refractivity (Wildman–Crippen MR) is 72.0 cm³/mol. The normalized spacial score (nSPS) is 30.2. The number of fused-ring (bicyclic) bond motifs is 2. The quantitative estimate of drug-likeness (QED) is 0.902. The monoisotopic (exact) mass is 264 g/mol. The summed E-state index contributed by atoms with van der Waals surface area (Å²) in [6, 6.07) is 5.89. The molecule has 3 unspecified atom stereocenters. The van der Waals surface area contributed by atoms with Crippen LogP contribution in [0, 0.1) is 11.7 Å². The second kappa shape index (κ2) is 5.19. The molecule has 1 saturated carbocycles. The maximum Gasteiger partial charge on any atom is 0.128 e. The molecule has 104 valence electrons. The molecule has 0 aromatic heterocycles. The van der Waals surface area contributed by atoms with E-state index in [9.17, 15) is 4.39 Å². The van der Waals surface area contributed by atoms with Gasteiger partial charge in [0.25, 0.3) is 0 Å². The van der Waals surface area contributed by atoms with Crippen LogP contribution in [0.2, 0.25) is 0 Å². The maximum atomic E-state index is 13.6. The summed E-state index contributed by atoms with van der Waals surface area (Å²) in [4.78, 5) is 2.42. The molecule has 2 bridgehead atoms. The van der Waals surface area contributed by atoms with Crippen molar-refractivity contribution < 1.29 is 9.13 Å². The molecule has 1 aromatic rings. The third-order valence-corrected chi connectivity index (χ3v) is 4.55. The highest BCUT2D eigenvalue weighted by atomic mass is 19.1. The number of benzene rings is 1. The lowest BCUT2D eigenvalue weighted by Crippen LogP contribution is -2.35. The molecular weight excluding hydrogens is 243 g/mol. The Labute approximate surface area is 113 Å². The lowest BCUT2D eigenvalue weighted by molar-refractivity contribution is -0.00641. The number of hydrogen-bond donors (Lipinski definition) is 1. The molecule has 0 radical (unpaired) electrons. The highest BCUT2D eigenvalue weighted by molar-refractivity contribution is 5.23. The third-order valence-electron chi connectivity index (χ3n) is 4.55. The first kappa shape index (κ1) is 13.0. The van der Waals surface area contributed by atoms with E-state index in [0.717, 1.165) is 18.5 Å². The largest absolute Gasteiger partial charge is 0.373 e. The van der Waals surface area contributed by atoms with Crippen LogP contribution in [0.1, 0.15) is 24.0 Å². The number of rotatable bonds is 4. The average molecular weight is 264 g/mol. The Bertz CT molecular complexity index is 463. The summed E-state index contributed by atoms with van der Waals surface area (Å²) in [5, 5.41) is 0. The van der Waals surface area contributed by atoms with Crippen LogP contribution in [0.4, 0.5) is 4.39 Å². The number of nitrogens with zero attached hydrogens (tertiary/aromatic N) is 1. The van der Waals surface area contributed by atoms with Crippen molar-refractivity contribution in [2.24, 2.45) is 11.7 Å². The molecule has 1 aromatic carbocycles. The second-order valence-corrected chi connectivity index (χ2v) is 5.80. The molecule has 2 fully saturated rings. The molecule has 3 nitrogen and oxygen atoms in total. The zero-order valence-corrected chi connectivity index (χ0v) is 11.3. The highest BCUT2D eigenvalue weighted by Gasteiger charge is 2.43. The van der Waals surface area contributed by atoms with Crippen molar-refractivity contribution in [2.45, 2.75) is 38.1 Å². The molecule has 3 rings (SSSR count). The number of ether oxygens (including phenoxy) is 1. The van der Waals surface area contributed by atoms with E-state index in [1.54, 1.807) is 12.1 Å². The van der Waals surface area contributed by atoms with Crippen LogP contribution >= 0.6 is 0 Å². The Kier molecular flexibility index (Phi) is 3.56. The van der Waals surface area contributed by atoms with E-state index in [0.29, 0.717) is 30.2 Å². The van der Waals surface area contributed by atoms with Crippen molar-refractivity contribution in [2.75, 3.05) is 13.6 Å². The second-order valence-electron chi connectivity index (χ2n) is 5.80. The smallest absolute Gasteiger partial charge is 0.128 e. The number of piperidine rings is 1. The van der Waals surface area contributed by atoms with Gasteiger partial charge in [-0.15, -0.1) is 0 Å². The van der Waals surface area contributed by atoms with Crippen LogP contribution < -0.4 is 5.73 Å². The van der Waals surface area contributed by atoms with Crippen molar-refractivity contribution in [3.63, 3.8) is 0 Å². The van der Waals surface area contributed by atoms with Gasteiger partial charge < -0.3 is 15.4 Å². The minimum atomic E-state index is -0.226. The zero-order chi connectivity index (χ0) is 13.4. The van der Waals surface area contributed by atoms with Gasteiger partial charge >= 0.3 is 0 Å². The van der Waals surface area contributed by atoms with Crippen LogP contribution in [0.15, 0.2) is 18.2 Å². The van der Waals surface area contributed by atoms with Gasteiger partial charge in [0.05, 0.1) is 12.7 Å². The van der Waals surface area contributed by atoms with E-state index in [-0.39, 0.29) is 12.4 Å². The van der Waals surface area contributed by atoms with Crippen LogP contribution in [-0.2, 0) is 17.9 Å². The van der Waals surface area contributed by atoms with E-state index < -0.39 is 0 Å². The standard InChI is InChI=1S/C15H21FN2O/c1-18-8-12-5-13(18)6-15(12)19-9-10-2-3-11(7-17)14(16)4-10/h2-4,12-13,15H,5-9,17H2,1H3. The Balaban J connectivity index is 1.57. The van der Waals surface area contributed by atoms with Gasteiger partial charge in [0.15, 0.2) is 0 Å².